The van der Waals surface area contributed by atoms with Crippen LogP contribution in [-0.2, 0) is 20.8 Å². The molecule has 0 spiro atoms. The Morgan fingerprint density at radius 1 is 1.00 bits per heavy atom. The number of carboxylic acids is 2. The highest BCUT2D eigenvalue weighted by Crippen LogP contribution is 2.27. The highest BCUT2D eigenvalue weighted by Gasteiger charge is 2.33. The molecule has 116 valence electrons. The van der Waals surface area contributed by atoms with E-state index in [9.17, 15) is 19.5 Å². The minimum absolute atomic E-state index is 0.0806. The van der Waals surface area contributed by atoms with Crippen molar-refractivity contribution >= 4 is 23.5 Å². The van der Waals surface area contributed by atoms with Crippen molar-refractivity contribution in [3.8, 4) is 0 Å². The molecule has 0 aliphatic heterocycles. The Labute approximate surface area is 127 Å². The van der Waals surface area contributed by atoms with Crippen LogP contribution < -0.4 is 5.32 Å². The highest BCUT2D eigenvalue weighted by atomic mass is 16.4. The molecule has 3 N–H and O–H groups in total. The number of hydrogen-bond acceptors (Lipinski definition) is 3. The number of nitrogens with one attached hydrogen (secondary N) is 1. The molecule has 6 heteroatoms. The van der Waals surface area contributed by atoms with Gasteiger partial charge in [-0.2, -0.15) is 0 Å². The standard InChI is InChI=1S/C16H17NO5/c18-14(19)9-10-5-7-11(8-6-10)17-15(20)12-3-1-2-4-13(12)16(21)22/h1-2,5-8,12-13H,3-4,9H2,(H,17,20)(H,18,19)(H,21,22)/t12-,13+/m1/s1. The summed E-state index contributed by atoms with van der Waals surface area (Å²) < 4.78 is 0. The molecule has 0 unspecified atom stereocenters. The zero-order valence-corrected chi connectivity index (χ0v) is 11.9. The zero-order chi connectivity index (χ0) is 16.1. The summed E-state index contributed by atoms with van der Waals surface area (Å²) in [6.45, 7) is 0. The van der Waals surface area contributed by atoms with Gasteiger partial charge in [0.05, 0.1) is 18.3 Å². The predicted octanol–water partition coefficient (Wildman–Crippen LogP) is 1.92. The van der Waals surface area contributed by atoms with Crippen molar-refractivity contribution in [2.24, 2.45) is 11.8 Å². The number of carboxylic acid groups (broad SMARTS) is 2. The Hall–Kier alpha value is -2.63. The van der Waals surface area contributed by atoms with Crippen molar-refractivity contribution in [2.45, 2.75) is 19.3 Å². The lowest BCUT2D eigenvalue weighted by Gasteiger charge is -2.24. The Bertz CT molecular complexity index is 605. The van der Waals surface area contributed by atoms with Crippen LogP contribution in [0.4, 0.5) is 5.69 Å². The minimum Gasteiger partial charge on any atom is -0.481 e. The van der Waals surface area contributed by atoms with E-state index in [1.807, 2.05) is 6.08 Å². The first-order valence-corrected chi connectivity index (χ1v) is 6.97. The van der Waals surface area contributed by atoms with E-state index < -0.39 is 23.8 Å². The first-order chi connectivity index (χ1) is 10.5. The van der Waals surface area contributed by atoms with E-state index in [1.165, 1.54) is 0 Å². The average molecular weight is 303 g/mol. The van der Waals surface area contributed by atoms with Gasteiger partial charge in [-0.15, -0.1) is 0 Å². The molecule has 1 aliphatic rings. The van der Waals surface area contributed by atoms with Crippen LogP contribution in [-0.4, -0.2) is 28.1 Å². The molecule has 0 bridgehead atoms. The summed E-state index contributed by atoms with van der Waals surface area (Å²) in [6.07, 6.45) is 4.27. The Morgan fingerprint density at radius 2 is 1.59 bits per heavy atom. The maximum atomic E-state index is 12.2. The summed E-state index contributed by atoms with van der Waals surface area (Å²) in [7, 11) is 0. The Morgan fingerprint density at radius 3 is 2.14 bits per heavy atom. The van der Waals surface area contributed by atoms with Crippen LogP contribution in [0.5, 0.6) is 0 Å². The second kappa shape index (κ2) is 6.89. The molecule has 1 aliphatic carbocycles. The fourth-order valence-electron chi connectivity index (χ4n) is 2.49. The largest absolute Gasteiger partial charge is 0.481 e. The molecule has 0 saturated carbocycles. The molecule has 2 atom stereocenters. The number of carbonyl (C=O) groups is 3. The van der Waals surface area contributed by atoms with Gasteiger partial charge in [-0.3, -0.25) is 14.4 Å². The van der Waals surface area contributed by atoms with Gasteiger partial charge in [0.1, 0.15) is 0 Å². The lowest BCUT2D eigenvalue weighted by atomic mass is 9.82. The van der Waals surface area contributed by atoms with E-state index >= 15 is 0 Å². The third kappa shape index (κ3) is 3.94. The summed E-state index contributed by atoms with van der Waals surface area (Å²) >= 11 is 0. The van der Waals surface area contributed by atoms with Gasteiger partial charge in [-0.05, 0) is 30.5 Å². The minimum atomic E-state index is -0.971. The van der Waals surface area contributed by atoms with E-state index in [4.69, 9.17) is 5.11 Å². The van der Waals surface area contributed by atoms with Crippen molar-refractivity contribution in [1.29, 1.82) is 0 Å². The molecule has 0 fully saturated rings. The van der Waals surface area contributed by atoms with E-state index in [1.54, 1.807) is 30.3 Å². The summed E-state index contributed by atoms with van der Waals surface area (Å²) in [5, 5.41) is 20.6. The highest BCUT2D eigenvalue weighted by molar-refractivity contribution is 5.95. The van der Waals surface area contributed by atoms with Crippen LogP contribution >= 0.6 is 0 Å². The van der Waals surface area contributed by atoms with Crippen LogP contribution in [0, 0.1) is 11.8 Å². The molecule has 0 saturated heterocycles. The predicted molar refractivity (Wildman–Crippen MR) is 79.4 cm³/mol. The number of anilines is 1. The SMILES string of the molecule is O=C(O)Cc1ccc(NC(=O)[C@@H]2CC=CC[C@@H]2C(=O)O)cc1. The molecular weight excluding hydrogens is 286 g/mol. The summed E-state index contributed by atoms with van der Waals surface area (Å²) in [6, 6.07) is 6.48. The Balaban J connectivity index is 2.03. The number of allylic oxidation sites excluding steroid dienone is 2. The van der Waals surface area contributed by atoms with Gasteiger partial charge >= 0.3 is 11.9 Å². The number of aliphatic carboxylic acids is 2. The maximum Gasteiger partial charge on any atom is 0.307 e. The van der Waals surface area contributed by atoms with Crippen LogP contribution in [0.2, 0.25) is 0 Å². The van der Waals surface area contributed by atoms with E-state index in [0.29, 0.717) is 24.1 Å². The van der Waals surface area contributed by atoms with Gasteiger partial charge in [-0.1, -0.05) is 24.3 Å². The number of carbonyl (C=O) groups excluding carboxylic acids is 1. The van der Waals surface area contributed by atoms with Crippen molar-refractivity contribution in [2.75, 3.05) is 5.32 Å². The van der Waals surface area contributed by atoms with Crippen LogP contribution in [0.3, 0.4) is 0 Å². The lowest BCUT2D eigenvalue weighted by molar-refractivity contribution is -0.146. The normalized spacial score (nSPS) is 20.4. The third-order valence-corrected chi connectivity index (χ3v) is 3.66. The van der Waals surface area contributed by atoms with Gasteiger partial charge in [0.25, 0.3) is 0 Å². The molecule has 0 heterocycles. The van der Waals surface area contributed by atoms with Crippen molar-refractivity contribution in [3.63, 3.8) is 0 Å². The van der Waals surface area contributed by atoms with Crippen molar-refractivity contribution < 1.29 is 24.6 Å². The lowest BCUT2D eigenvalue weighted by Crippen LogP contribution is -2.34. The summed E-state index contributed by atoms with van der Waals surface area (Å²) in [5.41, 5.74) is 1.16. The Kier molecular flexibility index (Phi) is 4.93. The zero-order valence-electron chi connectivity index (χ0n) is 11.9. The first-order valence-electron chi connectivity index (χ1n) is 6.97. The van der Waals surface area contributed by atoms with Gasteiger partial charge in [0, 0.05) is 5.69 Å². The van der Waals surface area contributed by atoms with E-state index in [-0.39, 0.29) is 12.3 Å². The quantitative estimate of drug-likeness (QED) is 0.721. The second-order valence-electron chi connectivity index (χ2n) is 5.25. The monoisotopic (exact) mass is 303 g/mol. The fourth-order valence-corrected chi connectivity index (χ4v) is 2.49. The van der Waals surface area contributed by atoms with Crippen molar-refractivity contribution in [3.05, 3.63) is 42.0 Å². The smallest absolute Gasteiger partial charge is 0.307 e. The number of amides is 1. The number of benzene rings is 1. The molecule has 0 aromatic heterocycles. The molecular formula is C16H17NO5. The third-order valence-electron chi connectivity index (χ3n) is 3.66. The molecule has 6 nitrogen and oxygen atoms in total. The molecule has 1 aromatic carbocycles. The van der Waals surface area contributed by atoms with Crippen molar-refractivity contribution in [1.82, 2.24) is 0 Å². The molecule has 2 rings (SSSR count). The molecule has 22 heavy (non-hydrogen) atoms. The summed E-state index contributed by atoms with van der Waals surface area (Å²) in [4.78, 5) is 34.0. The summed E-state index contributed by atoms with van der Waals surface area (Å²) in [5.74, 6) is -3.53. The van der Waals surface area contributed by atoms with Gasteiger partial charge in [-0.25, -0.2) is 0 Å². The first kappa shape index (κ1) is 15.8. The fraction of sp³-hybridized carbons (Fsp3) is 0.312. The molecule has 1 aromatic rings. The van der Waals surface area contributed by atoms with Crippen LogP contribution in [0.25, 0.3) is 0 Å². The van der Waals surface area contributed by atoms with E-state index in [2.05, 4.69) is 5.32 Å². The molecule has 0 radical (unpaired) electrons. The average Bonchev–Trinajstić information content (AvgIpc) is 2.48. The van der Waals surface area contributed by atoms with Crippen LogP contribution in [0.1, 0.15) is 18.4 Å². The number of hydrogen-bond donors (Lipinski definition) is 3. The van der Waals surface area contributed by atoms with Gasteiger partial charge in [0.15, 0.2) is 0 Å². The van der Waals surface area contributed by atoms with Crippen LogP contribution in [0.15, 0.2) is 36.4 Å². The van der Waals surface area contributed by atoms with Gasteiger partial charge in [0.2, 0.25) is 5.91 Å². The number of rotatable bonds is 5. The second-order valence-corrected chi connectivity index (χ2v) is 5.25. The van der Waals surface area contributed by atoms with Gasteiger partial charge < -0.3 is 15.5 Å². The topological polar surface area (TPSA) is 104 Å². The molecule has 1 amide bonds. The maximum absolute atomic E-state index is 12.2. The van der Waals surface area contributed by atoms with E-state index in [0.717, 1.165) is 0 Å².